The van der Waals surface area contributed by atoms with E-state index in [4.69, 9.17) is 11.6 Å². The fourth-order valence-corrected chi connectivity index (χ4v) is 2.42. The molecule has 0 aliphatic heterocycles. The molecule has 0 aromatic carbocycles. The molecule has 0 aliphatic carbocycles. The molecule has 16 heavy (non-hydrogen) atoms. The highest BCUT2D eigenvalue weighted by atomic mass is 35.5. The number of aliphatic hydroxyl groups is 1. The lowest BCUT2D eigenvalue weighted by atomic mass is 9.95. The summed E-state index contributed by atoms with van der Waals surface area (Å²) in [4.78, 5) is 13.6. The summed E-state index contributed by atoms with van der Waals surface area (Å²) >= 11 is 7.17. The first-order valence-corrected chi connectivity index (χ1v) is 6.30. The van der Waals surface area contributed by atoms with Crippen molar-refractivity contribution >= 4 is 33.8 Å². The zero-order valence-corrected chi connectivity index (χ0v) is 11.2. The molecule has 1 heterocycles. The van der Waals surface area contributed by atoms with E-state index in [1.165, 1.54) is 11.3 Å². The van der Waals surface area contributed by atoms with Crippen LogP contribution < -0.4 is 4.90 Å². The van der Waals surface area contributed by atoms with E-state index in [0.29, 0.717) is 4.34 Å². The van der Waals surface area contributed by atoms with Gasteiger partial charge in [-0.1, -0.05) is 25.4 Å². The number of aliphatic hydroxyl groups excluding tert-OH is 1. The fourth-order valence-electron chi connectivity index (χ4n) is 1.42. The Morgan fingerprint density at radius 1 is 1.56 bits per heavy atom. The average Bonchev–Trinajstić information content (AvgIpc) is 2.64. The Kier molecular flexibility index (Phi) is 4.77. The molecule has 0 radical (unpaired) electrons. The van der Waals surface area contributed by atoms with E-state index in [-0.39, 0.29) is 24.3 Å². The summed E-state index contributed by atoms with van der Waals surface area (Å²) in [7, 11) is 1.70. The van der Waals surface area contributed by atoms with Gasteiger partial charge in [0.15, 0.2) is 0 Å². The van der Waals surface area contributed by atoms with Crippen LogP contribution in [0.1, 0.15) is 13.8 Å². The number of halogens is 1. The number of hydrogen-bond acceptors (Lipinski definition) is 3. The minimum Gasteiger partial charge on any atom is -0.396 e. The molecular formula is C11H16ClNO2S. The van der Waals surface area contributed by atoms with Gasteiger partial charge in [0.1, 0.15) is 0 Å². The Bertz CT molecular complexity index is 365. The topological polar surface area (TPSA) is 40.5 Å². The third-order valence-corrected chi connectivity index (χ3v) is 3.85. The van der Waals surface area contributed by atoms with Gasteiger partial charge < -0.3 is 10.0 Å². The summed E-state index contributed by atoms with van der Waals surface area (Å²) in [5.41, 5.74) is 0. The van der Waals surface area contributed by atoms with E-state index in [1.54, 1.807) is 24.1 Å². The largest absolute Gasteiger partial charge is 0.396 e. The molecule has 0 spiro atoms. The van der Waals surface area contributed by atoms with Crippen molar-refractivity contribution < 1.29 is 9.90 Å². The standard InChI is InChI=1S/C11H16ClNO2S/c1-7(2)8(6-14)11(15)13(3)10-5-4-9(12)16-10/h4-5,7-8,14H,6H2,1-3H3. The van der Waals surface area contributed by atoms with Crippen LogP contribution in [-0.2, 0) is 4.79 Å². The molecule has 5 heteroatoms. The number of thiophene rings is 1. The van der Waals surface area contributed by atoms with Gasteiger partial charge in [0.05, 0.1) is 21.9 Å². The molecule has 3 nitrogen and oxygen atoms in total. The van der Waals surface area contributed by atoms with E-state index < -0.39 is 0 Å². The van der Waals surface area contributed by atoms with Gasteiger partial charge in [-0.3, -0.25) is 4.79 Å². The predicted octanol–water partition coefficient (Wildman–Crippen LogP) is 2.63. The van der Waals surface area contributed by atoms with Crippen LogP contribution >= 0.6 is 22.9 Å². The van der Waals surface area contributed by atoms with Gasteiger partial charge in [-0.2, -0.15) is 0 Å². The summed E-state index contributed by atoms with van der Waals surface area (Å²) in [6.07, 6.45) is 0. The van der Waals surface area contributed by atoms with Crippen LogP contribution in [0.25, 0.3) is 0 Å². The number of anilines is 1. The molecule has 1 aromatic heterocycles. The smallest absolute Gasteiger partial charge is 0.233 e. The van der Waals surface area contributed by atoms with Crippen LogP contribution in [0.3, 0.4) is 0 Å². The van der Waals surface area contributed by atoms with Gasteiger partial charge in [0.2, 0.25) is 5.91 Å². The second-order valence-corrected chi connectivity index (χ2v) is 5.70. The van der Waals surface area contributed by atoms with Gasteiger partial charge in [0.25, 0.3) is 0 Å². The molecule has 1 atom stereocenters. The molecule has 0 aliphatic rings. The summed E-state index contributed by atoms with van der Waals surface area (Å²) in [6, 6.07) is 3.56. The van der Waals surface area contributed by atoms with Gasteiger partial charge >= 0.3 is 0 Å². The maximum absolute atomic E-state index is 12.1. The quantitative estimate of drug-likeness (QED) is 0.905. The van der Waals surface area contributed by atoms with Crippen LogP contribution in [-0.4, -0.2) is 24.7 Å². The summed E-state index contributed by atoms with van der Waals surface area (Å²) < 4.78 is 0.653. The Hall–Kier alpha value is -0.580. The fraction of sp³-hybridized carbons (Fsp3) is 0.545. The molecule has 0 fully saturated rings. The molecule has 1 unspecified atom stereocenters. The van der Waals surface area contributed by atoms with Crippen molar-refractivity contribution in [2.45, 2.75) is 13.8 Å². The molecule has 0 saturated carbocycles. The normalized spacial score (nSPS) is 12.9. The maximum atomic E-state index is 12.1. The highest BCUT2D eigenvalue weighted by Gasteiger charge is 2.25. The van der Waals surface area contributed by atoms with Crippen molar-refractivity contribution in [2.75, 3.05) is 18.6 Å². The van der Waals surface area contributed by atoms with Crippen molar-refractivity contribution in [3.63, 3.8) is 0 Å². The SMILES string of the molecule is CC(C)C(CO)C(=O)N(C)c1ccc(Cl)s1. The van der Waals surface area contributed by atoms with Crippen LogP contribution in [0.2, 0.25) is 4.34 Å². The zero-order chi connectivity index (χ0) is 12.3. The summed E-state index contributed by atoms with van der Waals surface area (Å²) in [6.45, 7) is 3.72. The van der Waals surface area contributed by atoms with Crippen LogP contribution in [0.4, 0.5) is 5.00 Å². The molecule has 1 rings (SSSR count). The highest BCUT2D eigenvalue weighted by molar-refractivity contribution is 7.20. The van der Waals surface area contributed by atoms with Crippen molar-refractivity contribution in [3.05, 3.63) is 16.5 Å². The van der Waals surface area contributed by atoms with Crippen LogP contribution in [0.15, 0.2) is 12.1 Å². The number of carbonyl (C=O) groups excluding carboxylic acids is 1. The lowest BCUT2D eigenvalue weighted by Crippen LogP contribution is -2.36. The first-order chi connectivity index (χ1) is 7.47. The number of carbonyl (C=O) groups is 1. The van der Waals surface area contributed by atoms with Gasteiger partial charge in [-0.25, -0.2) is 0 Å². The molecule has 1 amide bonds. The molecule has 90 valence electrons. The van der Waals surface area contributed by atoms with Crippen molar-refractivity contribution in [1.29, 1.82) is 0 Å². The minimum atomic E-state index is -0.356. The van der Waals surface area contributed by atoms with E-state index in [9.17, 15) is 9.90 Å². The number of nitrogens with zero attached hydrogens (tertiary/aromatic N) is 1. The van der Waals surface area contributed by atoms with Crippen LogP contribution in [0.5, 0.6) is 0 Å². The van der Waals surface area contributed by atoms with Crippen molar-refractivity contribution in [2.24, 2.45) is 11.8 Å². The van der Waals surface area contributed by atoms with E-state index in [1.807, 2.05) is 13.8 Å². The van der Waals surface area contributed by atoms with Gasteiger partial charge in [-0.05, 0) is 18.1 Å². The first kappa shape index (κ1) is 13.5. The first-order valence-electron chi connectivity index (χ1n) is 5.11. The average molecular weight is 262 g/mol. The van der Waals surface area contributed by atoms with Crippen molar-refractivity contribution in [3.8, 4) is 0 Å². The van der Waals surface area contributed by atoms with E-state index >= 15 is 0 Å². The number of rotatable bonds is 4. The van der Waals surface area contributed by atoms with E-state index in [0.717, 1.165) is 5.00 Å². The van der Waals surface area contributed by atoms with E-state index in [2.05, 4.69) is 0 Å². The second kappa shape index (κ2) is 5.66. The summed E-state index contributed by atoms with van der Waals surface area (Å²) in [5.74, 6) is -0.308. The van der Waals surface area contributed by atoms with Crippen molar-refractivity contribution in [1.82, 2.24) is 0 Å². The molecule has 0 bridgehead atoms. The third-order valence-electron chi connectivity index (χ3n) is 2.54. The number of amides is 1. The molecule has 0 saturated heterocycles. The second-order valence-electron chi connectivity index (χ2n) is 4.01. The molecule has 1 aromatic rings. The lowest BCUT2D eigenvalue weighted by Gasteiger charge is -2.23. The third kappa shape index (κ3) is 2.97. The Morgan fingerprint density at radius 3 is 2.56 bits per heavy atom. The summed E-state index contributed by atoms with van der Waals surface area (Å²) in [5, 5.41) is 10.00. The van der Waals surface area contributed by atoms with Gasteiger partial charge in [-0.15, -0.1) is 11.3 Å². The lowest BCUT2D eigenvalue weighted by molar-refractivity contribution is -0.124. The zero-order valence-electron chi connectivity index (χ0n) is 9.61. The molecular weight excluding hydrogens is 246 g/mol. The predicted molar refractivity (Wildman–Crippen MR) is 68.2 cm³/mol. The Labute approximate surface area is 105 Å². The van der Waals surface area contributed by atoms with Crippen LogP contribution in [0, 0.1) is 11.8 Å². The monoisotopic (exact) mass is 261 g/mol. The van der Waals surface area contributed by atoms with Gasteiger partial charge in [0, 0.05) is 7.05 Å². The Balaban J connectivity index is 2.81. The number of hydrogen-bond donors (Lipinski definition) is 1. The molecule has 1 N–H and O–H groups in total. The minimum absolute atomic E-state index is 0.0731. The maximum Gasteiger partial charge on any atom is 0.233 e. The Morgan fingerprint density at radius 2 is 2.19 bits per heavy atom. The highest BCUT2D eigenvalue weighted by Crippen LogP contribution is 2.30.